The van der Waals surface area contributed by atoms with E-state index in [1.165, 1.54) is 11.1 Å². The Labute approximate surface area is 116 Å². The third-order valence-electron chi connectivity index (χ3n) is 2.87. The van der Waals surface area contributed by atoms with Crippen molar-refractivity contribution in [3.05, 3.63) is 51.2 Å². The Morgan fingerprint density at radius 2 is 2.06 bits per heavy atom. The van der Waals surface area contributed by atoms with Gasteiger partial charge in [0.2, 0.25) is 0 Å². The van der Waals surface area contributed by atoms with Crippen LogP contribution < -0.4 is 5.32 Å². The van der Waals surface area contributed by atoms with E-state index in [9.17, 15) is 4.79 Å². The van der Waals surface area contributed by atoms with Gasteiger partial charge in [0.25, 0.3) is 5.91 Å². The molecule has 0 saturated heterocycles. The smallest absolute Gasteiger partial charge is 0.251 e. The van der Waals surface area contributed by atoms with Crippen molar-refractivity contribution in [2.45, 2.75) is 25.3 Å². The summed E-state index contributed by atoms with van der Waals surface area (Å²) in [6.07, 6.45) is 0. The molecule has 0 saturated carbocycles. The van der Waals surface area contributed by atoms with Crippen molar-refractivity contribution in [2.75, 3.05) is 0 Å². The van der Waals surface area contributed by atoms with E-state index in [0.717, 1.165) is 10.5 Å². The van der Waals surface area contributed by atoms with Crippen LogP contribution in [0.1, 0.15) is 27.0 Å². The zero-order valence-electron chi connectivity index (χ0n) is 10.4. The first kappa shape index (κ1) is 13.2. The summed E-state index contributed by atoms with van der Waals surface area (Å²) in [5.74, 6) is -0.0472. The average molecular weight is 277 g/mol. The molecule has 0 spiro atoms. The van der Waals surface area contributed by atoms with Crippen molar-refractivity contribution in [3.63, 3.8) is 0 Å². The van der Waals surface area contributed by atoms with Gasteiger partial charge in [-0.2, -0.15) is 11.3 Å². The first-order chi connectivity index (χ1) is 8.58. The van der Waals surface area contributed by atoms with E-state index in [4.69, 9.17) is 0 Å². The largest absolute Gasteiger partial charge is 0.348 e. The van der Waals surface area contributed by atoms with Crippen LogP contribution in [0.25, 0.3) is 0 Å². The standard InChI is InChI=1S/C14H15NOS2/c1-9-3-4-12(17)5-13(9)14(16)15-6-11-8-18-7-10(11)2/h3-5,7-8,17H,6H2,1-2H3,(H,15,16). The summed E-state index contributed by atoms with van der Waals surface area (Å²) in [7, 11) is 0. The first-order valence-corrected chi connectivity index (χ1v) is 7.06. The zero-order chi connectivity index (χ0) is 13.1. The summed E-state index contributed by atoms with van der Waals surface area (Å²) in [6, 6.07) is 5.60. The fourth-order valence-electron chi connectivity index (χ4n) is 1.69. The van der Waals surface area contributed by atoms with Crippen LogP contribution in [-0.2, 0) is 6.54 Å². The number of benzene rings is 1. The molecule has 2 nitrogen and oxygen atoms in total. The third kappa shape index (κ3) is 2.94. The molecule has 0 atom stereocenters. The normalized spacial score (nSPS) is 10.4. The molecule has 2 rings (SSSR count). The summed E-state index contributed by atoms with van der Waals surface area (Å²) in [5, 5.41) is 7.10. The van der Waals surface area contributed by atoms with Gasteiger partial charge in [-0.15, -0.1) is 12.6 Å². The van der Waals surface area contributed by atoms with Crippen molar-refractivity contribution in [1.82, 2.24) is 5.32 Å². The lowest BCUT2D eigenvalue weighted by Crippen LogP contribution is -2.23. The Balaban J connectivity index is 2.08. The van der Waals surface area contributed by atoms with Crippen LogP contribution in [0.2, 0.25) is 0 Å². The molecule has 4 heteroatoms. The van der Waals surface area contributed by atoms with E-state index in [2.05, 4.69) is 35.6 Å². The molecule has 1 N–H and O–H groups in total. The Bertz CT molecular complexity index is 575. The Morgan fingerprint density at radius 1 is 1.28 bits per heavy atom. The summed E-state index contributed by atoms with van der Waals surface area (Å²) < 4.78 is 0. The average Bonchev–Trinajstić information content (AvgIpc) is 2.75. The fraction of sp³-hybridized carbons (Fsp3) is 0.214. The van der Waals surface area contributed by atoms with Gasteiger partial charge in [-0.3, -0.25) is 4.79 Å². The summed E-state index contributed by atoms with van der Waals surface area (Å²) in [6.45, 7) is 4.56. The molecular formula is C14H15NOS2. The molecule has 1 aromatic heterocycles. The molecule has 2 aromatic rings. The highest BCUT2D eigenvalue weighted by atomic mass is 32.1. The lowest BCUT2D eigenvalue weighted by molar-refractivity contribution is 0.0950. The van der Waals surface area contributed by atoms with Gasteiger partial charge < -0.3 is 5.32 Å². The van der Waals surface area contributed by atoms with Gasteiger partial charge in [0.05, 0.1) is 0 Å². The highest BCUT2D eigenvalue weighted by Gasteiger charge is 2.09. The summed E-state index contributed by atoms with van der Waals surface area (Å²) in [4.78, 5) is 12.9. The lowest BCUT2D eigenvalue weighted by Gasteiger charge is -2.08. The Kier molecular flexibility index (Phi) is 4.09. The van der Waals surface area contributed by atoms with Gasteiger partial charge in [0.15, 0.2) is 0 Å². The molecule has 0 aliphatic rings. The number of hydrogen-bond donors (Lipinski definition) is 2. The maximum atomic E-state index is 12.1. The topological polar surface area (TPSA) is 29.1 Å². The minimum atomic E-state index is -0.0472. The van der Waals surface area contributed by atoms with Gasteiger partial charge >= 0.3 is 0 Å². The molecule has 0 aliphatic carbocycles. The van der Waals surface area contributed by atoms with E-state index in [1.807, 2.05) is 19.1 Å². The van der Waals surface area contributed by atoms with Crippen LogP contribution in [0.15, 0.2) is 33.9 Å². The van der Waals surface area contributed by atoms with Gasteiger partial charge in [-0.05, 0) is 53.4 Å². The Hall–Kier alpha value is -1.26. The second-order valence-electron chi connectivity index (χ2n) is 4.26. The van der Waals surface area contributed by atoms with Crippen molar-refractivity contribution >= 4 is 29.9 Å². The molecule has 0 aliphatic heterocycles. The molecule has 18 heavy (non-hydrogen) atoms. The number of carbonyl (C=O) groups is 1. The predicted octanol–water partition coefficient (Wildman–Crippen LogP) is 3.58. The van der Waals surface area contributed by atoms with Crippen molar-refractivity contribution < 1.29 is 4.79 Å². The first-order valence-electron chi connectivity index (χ1n) is 5.67. The van der Waals surface area contributed by atoms with Crippen LogP contribution in [0, 0.1) is 13.8 Å². The number of rotatable bonds is 3. The Morgan fingerprint density at radius 3 is 2.72 bits per heavy atom. The molecule has 0 fully saturated rings. The number of carbonyl (C=O) groups excluding carboxylic acids is 1. The maximum Gasteiger partial charge on any atom is 0.251 e. The van der Waals surface area contributed by atoms with Crippen molar-refractivity contribution in [3.8, 4) is 0 Å². The quantitative estimate of drug-likeness (QED) is 0.825. The summed E-state index contributed by atoms with van der Waals surface area (Å²) in [5.41, 5.74) is 4.05. The molecule has 94 valence electrons. The van der Waals surface area contributed by atoms with E-state index in [-0.39, 0.29) is 5.91 Å². The lowest BCUT2D eigenvalue weighted by atomic mass is 10.1. The maximum absolute atomic E-state index is 12.1. The highest BCUT2D eigenvalue weighted by molar-refractivity contribution is 7.80. The molecule has 1 heterocycles. The van der Waals surface area contributed by atoms with Crippen LogP contribution in [0.3, 0.4) is 0 Å². The van der Waals surface area contributed by atoms with E-state index in [0.29, 0.717) is 12.1 Å². The SMILES string of the molecule is Cc1cscc1CNC(=O)c1cc(S)ccc1C. The minimum absolute atomic E-state index is 0.0472. The number of amides is 1. The second kappa shape index (κ2) is 5.59. The summed E-state index contributed by atoms with van der Waals surface area (Å²) >= 11 is 5.92. The highest BCUT2D eigenvalue weighted by Crippen LogP contribution is 2.16. The molecule has 0 radical (unpaired) electrons. The van der Waals surface area contributed by atoms with Crippen molar-refractivity contribution in [1.29, 1.82) is 0 Å². The van der Waals surface area contributed by atoms with Gasteiger partial charge in [-0.25, -0.2) is 0 Å². The number of hydrogen-bond acceptors (Lipinski definition) is 3. The van der Waals surface area contributed by atoms with E-state index < -0.39 is 0 Å². The number of aryl methyl sites for hydroxylation is 2. The second-order valence-corrected chi connectivity index (χ2v) is 5.52. The molecule has 1 aromatic carbocycles. The van der Waals surface area contributed by atoms with Crippen molar-refractivity contribution in [2.24, 2.45) is 0 Å². The molecule has 0 bridgehead atoms. The van der Waals surface area contributed by atoms with E-state index >= 15 is 0 Å². The molecule has 1 amide bonds. The van der Waals surface area contributed by atoms with Crippen LogP contribution >= 0.6 is 24.0 Å². The van der Waals surface area contributed by atoms with Gasteiger partial charge in [0.1, 0.15) is 0 Å². The third-order valence-corrected chi connectivity index (χ3v) is 4.06. The zero-order valence-corrected chi connectivity index (χ0v) is 12.1. The number of thiophene rings is 1. The van der Waals surface area contributed by atoms with Crippen LogP contribution in [0.4, 0.5) is 0 Å². The number of nitrogens with one attached hydrogen (secondary N) is 1. The van der Waals surface area contributed by atoms with E-state index in [1.54, 1.807) is 17.4 Å². The predicted molar refractivity (Wildman–Crippen MR) is 78.7 cm³/mol. The fourth-order valence-corrected chi connectivity index (χ4v) is 2.75. The van der Waals surface area contributed by atoms with Gasteiger partial charge in [-0.1, -0.05) is 6.07 Å². The molecular weight excluding hydrogens is 262 g/mol. The minimum Gasteiger partial charge on any atom is -0.348 e. The monoisotopic (exact) mass is 277 g/mol. The van der Waals surface area contributed by atoms with Crippen LogP contribution in [0.5, 0.6) is 0 Å². The van der Waals surface area contributed by atoms with Gasteiger partial charge in [0, 0.05) is 17.0 Å². The van der Waals surface area contributed by atoms with Crippen LogP contribution in [-0.4, -0.2) is 5.91 Å². The number of thiol groups is 1. The molecule has 0 unspecified atom stereocenters.